The molecule has 0 radical (unpaired) electrons. The predicted octanol–water partition coefficient (Wildman–Crippen LogP) is 3.27. The molecular formula is C11H7ClN2O4S. The van der Waals surface area contributed by atoms with Gasteiger partial charge in [-0.2, -0.15) is 0 Å². The highest BCUT2D eigenvalue weighted by molar-refractivity contribution is 7.18. The number of nitro benzene ring substituents is 1. The van der Waals surface area contributed by atoms with Crippen LogP contribution in [-0.2, 0) is 0 Å². The lowest BCUT2D eigenvalue weighted by Gasteiger charge is -2.06. The van der Waals surface area contributed by atoms with Gasteiger partial charge in [0.1, 0.15) is 5.75 Å². The number of aromatic hydroxyl groups is 1. The SMILES string of the molecule is O=C(Nc1c(O)cccc1[N+](=O)[O-])c1ccc(Cl)s1. The largest absolute Gasteiger partial charge is 0.505 e. The summed E-state index contributed by atoms with van der Waals surface area (Å²) in [6.45, 7) is 0. The Morgan fingerprint density at radius 2 is 2.11 bits per heavy atom. The summed E-state index contributed by atoms with van der Waals surface area (Å²) in [7, 11) is 0. The summed E-state index contributed by atoms with van der Waals surface area (Å²) < 4.78 is 0.428. The highest BCUT2D eigenvalue weighted by Gasteiger charge is 2.20. The molecule has 0 saturated heterocycles. The first kappa shape index (κ1) is 13.3. The highest BCUT2D eigenvalue weighted by atomic mass is 35.5. The van der Waals surface area contributed by atoms with Gasteiger partial charge in [-0.3, -0.25) is 14.9 Å². The van der Waals surface area contributed by atoms with Gasteiger partial charge in [0.2, 0.25) is 0 Å². The third-order valence-electron chi connectivity index (χ3n) is 2.25. The number of anilines is 1. The van der Waals surface area contributed by atoms with Crippen molar-refractivity contribution in [3.63, 3.8) is 0 Å². The summed E-state index contributed by atoms with van der Waals surface area (Å²) in [6.07, 6.45) is 0. The van der Waals surface area contributed by atoms with Crippen LogP contribution in [0.3, 0.4) is 0 Å². The molecule has 0 atom stereocenters. The van der Waals surface area contributed by atoms with E-state index in [1.54, 1.807) is 6.07 Å². The van der Waals surface area contributed by atoms with E-state index in [1.807, 2.05) is 0 Å². The second kappa shape index (κ2) is 5.25. The summed E-state index contributed by atoms with van der Waals surface area (Å²) in [5.74, 6) is -0.938. The molecule has 1 aromatic carbocycles. The molecule has 6 nitrogen and oxygen atoms in total. The molecule has 0 aliphatic heterocycles. The van der Waals surface area contributed by atoms with Gasteiger partial charge >= 0.3 is 0 Å². The number of benzene rings is 1. The molecular weight excluding hydrogens is 292 g/mol. The van der Waals surface area contributed by atoms with E-state index in [4.69, 9.17) is 11.6 Å². The number of rotatable bonds is 3. The van der Waals surface area contributed by atoms with Crippen molar-refractivity contribution in [2.24, 2.45) is 0 Å². The molecule has 0 fully saturated rings. The van der Waals surface area contributed by atoms with Gasteiger partial charge in [0.15, 0.2) is 5.69 Å². The van der Waals surface area contributed by atoms with E-state index >= 15 is 0 Å². The zero-order valence-corrected chi connectivity index (χ0v) is 10.9. The van der Waals surface area contributed by atoms with Crippen molar-refractivity contribution in [2.75, 3.05) is 5.32 Å². The van der Waals surface area contributed by atoms with Gasteiger partial charge in [0.25, 0.3) is 11.6 Å². The van der Waals surface area contributed by atoms with E-state index in [9.17, 15) is 20.0 Å². The second-order valence-corrected chi connectivity index (χ2v) is 5.20. The van der Waals surface area contributed by atoms with Gasteiger partial charge in [0.05, 0.1) is 14.1 Å². The van der Waals surface area contributed by atoms with Crippen molar-refractivity contribution >= 4 is 40.2 Å². The van der Waals surface area contributed by atoms with Gasteiger partial charge in [-0.15, -0.1) is 11.3 Å². The number of nitrogens with zero attached hydrogens (tertiary/aromatic N) is 1. The third kappa shape index (κ3) is 2.83. The van der Waals surface area contributed by atoms with E-state index in [0.717, 1.165) is 11.3 Å². The second-order valence-electron chi connectivity index (χ2n) is 3.49. The molecule has 0 aliphatic carbocycles. The van der Waals surface area contributed by atoms with E-state index in [1.165, 1.54) is 24.3 Å². The van der Waals surface area contributed by atoms with E-state index in [-0.39, 0.29) is 17.1 Å². The lowest BCUT2D eigenvalue weighted by molar-refractivity contribution is -0.384. The Labute approximate surface area is 116 Å². The van der Waals surface area contributed by atoms with Gasteiger partial charge in [-0.25, -0.2) is 0 Å². The van der Waals surface area contributed by atoms with Gasteiger partial charge < -0.3 is 10.4 Å². The molecule has 8 heteroatoms. The first-order valence-corrected chi connectivity index (χ1v) is 6.21. The maximum absolute atomic E-state index is 11.9. The number of nitrogens with one attached hydrogen (secondary N) is 1. The first-order chi connectivity index (χ1) is 8.99. The molecule has 2 aromatic rings. The Kier molecular flexibility index (Phi) is 3.68. The van der Waals surface area contributed by atoms with Crippen molar-refractivity contribution in [1.82, 2.24) is 0 Å². The number of para-hydroxylation sites is 1. The first-order valence-electron chi connectivity index (χ1n) is 5.02. The Morgan fingerprint density at radius 3 is 2.68 bits per heavy atom. The topological polar surface area (TPSA) is 92.5 Å². The van der Waals surface area contributed by atoms with Crippen molar-refractivity contribution in [2.45, 2.75) is 0 Å². The molecule has 98 valence electrons. The fourth-order valence-corrected chi connectivity index (χ4v) is 2.36. The van der Waals surface area contributed by atoms with Crippen LogP contribution in [0.1, 0.15) is 9.67 Å². The number of phenols is 1. The molecule has 1 amide bonds. The number of amides is 1. The molecule has 0 aliphatic rings. The van der Waals surface area contributed by atoms with Crippen LogP contribution in [0.4, 0.5) is 11.4 Å². The van der Waals surface area contributed by atoms with Crippen molar-refractivity contribution in [3.05, 3.63) is 49.7 Å². The molecule has 1 heterocycles. The number of nitro groups is 1. The van der Waals surface area contributed by atoms with Gasteiger partial charge in [0, 0.05) is 6.07 Å². The Bertz CT molecular complexity index is 656. The fourth-order valence-electron chi connectivity index (χ4n) is 1.42. The highest BCUT2D eigenvalue weighted by Crippen LogP contribution is 2.34. The summed E-state index contributed by atoms with van der Waals surface area (Å²) in [6, 6.07) is 6.81. The number of phenolic OH excluding ortho intramolecular Hbond substituents is 1. The normalized spacial score (nSPS) is 10.2. The lowest BCUT2D eigenvalue weighted by atomic mass is 10.2. The summed E-state index contributed by atoms with van der Waals surface area (Å²) in [4.78, 5) is 22.3. The van der Waals surface area contributed by atoms with Crippen LogP contribution >= 0.6 is 22.9 Å². The number of carbonyl (C=O) groups excluding carboxylic acids is 1. The zero-order chi connectivity index (χ0) is 14.0. The Hall–Kier alpha value is -2.12. The minimum Gasteiger partial charge on any atom is -0.505 e. The molecule has 0 unspecified atom stereocenters. The maximum atomic E-state index is 11.9. The molecule has 0 spiro atoms. The van der Waals surface area contributed by atoms with E-state index in [2.05, 4.69) is 5.32 Å². The number of hydrogen-bond acceptors (Lipinski definition) is 5. The number of halogens is 1. The molecule has 19 heavy (non-hydrogen) atoms. The lowest BCUT2D eigenvalue weighted by Crippen LogP contribution is -2.11. The zero-order valence-electron chi connectivity index (χ0n) is 9.29. The summed E-state index contributed by atoms with van der Waals surface area (Å²) in [5.41, 5.74) is -0.613. The minimum atomic E-state index is -0.684. The van der Waals surface area contributed by atoms with Crippen LogP contribution in [0.25, 0.3) is 0 Å². The Morgan fingerprint density at radius 1 is 1.37 bits per heavy atom. The van der Waals surface area contributed by atoms with Crippen LogP contribution in [0.5, 0.6) is 5.75 Å². The molecule has 2 N–H and O–H groups in total. The smallest absolute Gasteiger partial charge is 0.296 e. The van der Waals surface area contributed by atoms with Crippen LogP contribution < -0.4 is 5.32 Å². The summed E-state index contributed by atoms with van der Waals surface area (Å²) >= 11 is 6.74. The third-order valence-corrected chi connectivity index (χ3v) is 3.48. The van der Waals surface area contributed by atoms with Crippen LogP contribution in [-0.4, -0.2) is 15.9 Å². The van der Waals surface area contributed by atoms with Crippen molar-refractivity contribution in [1.29, 1.82) is 0 Å². The number of carbonyl (C=O) groups is 1. The number of thiophene rings is 1. The van der Waals surface area contributed by atoms with Gasteiger partial charge in [-0.1, -0.05) is 17.7 Å². The predicted molar refractivity (Wildman–Crippen MR) is 72.0 cm³/mol. The average molecular weight is 299 g/mol. The average Bonchev–Trinajstić information content (AvgIpc) is 2.78. The van der Waals surface area contributed by atoms with Gasteiger partial charge in [-0.05, 0) is 18.2 Å². The minimum absolute atomic E-state index is 0.234. The van der Waals surface area contributed by atoms with Crippen LogP contribution in [0.2, 0.25) is 4.34 Å². The summed E-state index contributed by atoms with van der Waals surface area (Å²) in [5, 5.41) is 22.7. The molecule has 0 bridgehead atoms. The molecule has 2 rings (SSSR count). The fraction of sp³-hybridized carbons (Fsp3) is 0. The van der Waals surface area contributed by atoms with E-state index < -0.39 is 10.8 Å². The monoisotopic (exact) mass is 298 g/mol. The molecule has 0 saturated carbocycles. The standard InChI is InChI=1S/C11H7ClN2O4S/c12-9-5-4-8(19-9)11(16)13-10-6(14(17)18)2-1-3-7(10)15/h1-5,15H,(H,13,16). The van der Waals surface area contributed by atoms with Crippen LogP contribution in [0, 0.1) is 10.1 Å². The van der Waals surface area contributed by atoms with Crippen molar-refractivity contribution in [3.8, 4) is 5.75 Å². The van der Waals surface area contributed by atoms with E-state index in [0.29, 0.717) is 9.21 Å². The Balaban J connectivity index is 2.33. The van der Waals surface area contributed by atoms with Crippen LogP contribution in [0.15, 0.2) is 30.3 Å². The van der Waals surface area contributed by atoms with Crippen molar-refractivity contribution < 1.29 is 14.8 Å². The molecule has 1 aromatic heterocycles. The quantitative estimate of drug-likeness (QED) is 0.517. The number of hydrogen-bond donors (Lipinski definition) is 2. The maximum Gasteiger partial charge on any atom is 0.296 e.